The molecule has 0 aromatic heterocycles. The Kier molecular flexibility index (Phi) is 5.01. The Bertz CT molecular complexity index is 722. The standard InChI is InChI=1S/C18H19NO4/c1-11(14-4-6-15(19)7-5-14)17-10-16(22-12(2)20)8-9-18(17)23-13(3)21/h4-11H,19H2,1-3H3. The average molecular weight is 313 g/mol. The molecule has 2 aromatic carbocycles. The number of ether oxygens (including phenoxy) is 2. The van der Waals surface area contributed by atoms with Crippen LogP contribution in [0, 0.1) is 0 Å². The number of carbonyl (C=O) groups is 2. The van der Waals surface area contributed by atoms with Crippen LogP contribution in [0.1, 0.15) is 37.8 Å². The summed E-state index contributed by atoms with van der Waals surface area (Å²) in [4.78, 5) is 22.5. The van der Waals surface area contributed by atoms with E-state index in [4.69, 9.17) is 15.2 Å². The van der Waals surface area contributed by atoms with Crippen LogP contribution in [-0.2, 0) is 9.59 Å². The summed E-state index contributed by atoms with van der Waals surface area (Å²) in [5.41, 5.74) is 8.15. The van der Waals surface area contributed by atoms with E-state index in [1.165, 1.54) is 13.8 Å². The fourth-order valence-electron chi connectivity index (χ4n) is 2.31. The van der Waals surface area contributed by atoms with Crippen molar-refractivity contribution in [2.24, 2.45) is 0 Å². The molecule has 5 heteroatoms. The molecule has 1 atom stereocenters. The molecule has 0 fully saturated rings. The molecule has 0 amide bonds. The SMILES string of the molecule is CC(=O)Oc1ccc(OC(C)=O)c(C(C)c2ccc(N)cc2)c1. The van der Waals surface area contributed by atoms with E-state index in [0.29, 0.717) is 17.2 Å². The second-order valence-electron chi connectivity index (χ2n) is 5.28. The van der Waals surface area contributed by atoms with E-state index in [0.717, 1.165) is 11.1 Å². The smallest absolute Gasteiger partial charge is 0.308 e. The lowest BCUT2D eigenvalue weighted by Gasteiger charge is -2.17. The third-order valence-corrected chi connectivity index (χ3v) is 3.40. The summed E-state index contributed by atoms with van der Waals surface area (Å²) >= 11 is 0. The first kappa shape index (κ1) is 16.5. The number of carbonyl (C=O) groups excluding carboxylic acids is 2. The average Bonchev–Trinajstić information content (AvgIpc) is 2.48. The van der Waals surface area contributed by atoms with Crippen molar-refractivity contribution in [2.75, 3.05) is 5.73 Å². The first-order valence-electron chi connectivity index (χ1n) is 7.23. The molecule has 0 aliphatic rings. The second-order valence-corrected chi connectivity index (χ2v) is 5.28. The lowest BCUT2D eigenvalue weighted by molar-refractivity contribution is -0.133. The zero-order valence-electron chi connectivity index (χ0n) is 13.3. The van der Waals surface area contributed by atoms with E-state index in [1.807, 2.05) is 31.2 Å². The van der Waals surface area contributed by atoms with Crippen molar-refractivity contribution in [3.8, 4) is 11.5 Å². The molecule has 2 rings (SSSR count). The van der Waals surface area contributed by atoms with Crippen LogP contribution in [0.25, 0.3) is 0 Å². The van der Waals surface area contributed by atoms with Gasteiger partial charge in [-0.2, -0.15) is 0 Å². The first-order chi connectivity index (χ1) is 10.9. The van der Waals surface area contributed by atoms with Crippen molar-refractivity contribution in [2.45, 2.75) is 26.7 Å². The van der Waals surface area contributed by atoms with Crippen molar-refractivity contribution < 1.29 is 19.1 Å². The number of nitrogens with two attached hydrogens (primary N) is 1. The maximum absolute atomic E-state index is 11.3. The van der Waals surface area contributed by atoms with Gasteiger partial charge in [-0.15, -0.1) is 0 Å². The Balaban J connectivity index is 2.44. The fraction of sp³-hybridized carbons (Fsp3) is 0.222. The van der Waals surface area contributed by atoms with Crippen LogP contribution in [0.4, 0.5) is 5.69 Å². The Hall–Kier alpha value is -2.82. The highest BCUT2D eigenvalue weighted by molar-refractivity contribution is 5.71. The van der Waals surface area contributed by atoms with Gasteiger partial charge in [0.2, 0.25) is 0 Å². The number of nitrogen functional groups attached to an aromatic ring is 1. The summed E-state index contributed by atoms with van der Waals surface area (Å²) in [6.07, 6.45) is 0. The number of esters is 2. The third-order valence-electron chi connectivity index (χ3n) is 3.40. The Morgan fingerprint density at radius 1 is 0.957 bits per heavy atom. The minimum atomic E-state index is -0.406. The van der Waals surface area contributed by atoms with Gasteiger partial charge in [0.15, 0.2) is 0 Å². The lowest BCUT2D eigenvalue weighted by Crippen LogP contribution is -2.08. The van der Waals surface area contributed by atoms with E-state index in [9.17, 15) is 9.59 Å². The predicted molar refractivity (Wildman–Crippen MR) is 87.4 cm³/mol. The monoisotopic (exact) mass is 313 g/mol. The van der Waals surface area contributed by atoms with Gasteiger partial charge in [-0.1, -0.05) is 19.1 Å². The highest BCUT2D eigenvalue weighted by Gasteiger charge is 2.17. The summed E-state index contributed by atoms with van der Waals surface area (Å²) < 4.78 is 10.4. The quantitative estimate of drug-likeness (QED) is 0.532. The molecule has 0 bridgehead atoms. The van der Waals surface area contributed by atoms with Crippen LogP contribution < -0.4 is 15.2 Å². The van der Waals surface area contributed by atoms with Gasteiger partial charge >= 0.3 is 11.9 Å². The molecule has 0 heterocycles. The number of hydrogen-bond donors (Lipinski definition) is 1. The highest BCUT2D eigenvalue weighted by atomic mass is 16.5. The second kappa shape index (κ2) is 6.96. The summed E-state index contributed by atoms with van der Waals surface area (Å²) in [6, 6.07) is 12.4. The number of rotatable bonds is 4. The van der Waals surface area contributed by atoms with E-state index in [-0.39, 0.29) is 5.92 Å². The van der Waals surface area contributed by atoms with Gasteiger partial charge in [-0.25, -0.2) is 0 Å². The normalized spacial score (nSPS) is 11.6. The maximum atomic E-state index is 11.3. The Morgan fingerprint density at radius 3 is 2.13 bits per heavy atom. The molecule has 2 N–H and O–H groups in total. The third kappa shape index (κ3) is 4.32. The van der Waals surface area contributed by atoms with Crippen LogP contribution in [0.5, 0.6) is 11.5 Å². The Morgan fingerprint density at radius 2 is 1.57 bits per heavy atom. The van der Waals surface area contributed by atoms with Crippen LogP contribution >= 0.6 is 0 Å². The molecule has 0 spiro atoms. The van der Waals surface area contributed by atoms with Crippen molar-refractivity contribution in [1.82, 2.24) is 0 Å². The maximum Gasteiger partial charge on any atom is 0.308 e. The van der Waals surface area contributed by atoms with Crippen molar-refractivity contribution >= 4 is 17.6 Å². The summed E-state index contributed by atoms with van der Waals surface area (Å²) in [6.45, 7) is 4.66. The van der Waals surface area contributed by atoms with Gasteiger partial charge in [0, 0.05) is 31.0 Å². The molecular formula is C18H19NO4. The van der Waals surface area contributed by atoms with E-state index in [1.54, 1.807) is 18.2 Å². The van der Waals surface area contributed by atoms with Crippen molar-refractivity contribution in [3.05, 3.63) is 53.6 Å². The molecule has 5 nitrogen and oxygen atoms in total. The highest BCUT2D eigenvalue weighted by Crippen LogP contribution is 2.35. The minimum Gasteiger partial charge on any atom is -0.427 e. The Labute approximate surface area is 135 Å². The molecule has 1 unspecified atom stereocenters. The molecule has 23 heavy (non-hydrogen) atoms. The molecule has 0 radical (unpaired) electrons. The van der Waals surface area contributed by atoms with Gasteiger partial charge < -0.3 is 15.2 Å². The molecule has 2 aromatic rings. The summed E-state index contributed by atoms with van der Waals surface area (Å²) in [7, 11) is 0. The zero-order valence-corrected chi connectivity index (χ0v) is 13.3. The van der Waals surface area contributed by atoms with Crippen molar-refractivity contribution in [1.29, 1.82) is 0 Å². The first-order valence-corrected chi connectivity index (χ1v) is 7.23. The van der Waals surface area contributed by atoms with Gasteiger partial charge in [0.25, 0.3) is 0 Å². The largest absolute Gasteiger partial charge is 0.427 e. The van der Waals surface area contributed by atoms with Crippen molar-refractivity contribution in [3.63, 3.8) is 0 Å². The number of anilines is 1. The van der Waals surface area contributed by atoms with E-state index in [2.05, 4.69) is 0 Å². The number of hydrogen-bond acceptors (Lipinski definition) is 5. The molecular weight excluding hydrogens is 294 g/mol. The minimum absolute atomic E-state index is 0.0690. The van der Waals surface area contributed by atoms with Crippen LogP contribution in [0.3, 0.4) is 0 Å². The summed E-state index contributed by atoms with van der Waals surface area (Å²) in [5, 5.41) is 0. The van der Waals surface area contributed by atoms with Gasteiger partial charge in [-0.05, 0) is 35.9 Å². The molecule has 120 valence electrons. The van der Waals surface area contributed by atoms with Gasteiger partial charge in [0.1, 0.15) is 11.5 Å². The number of benzene rings is 2. The predicted octanol–water partition coefficient (Wildman–Crippen LogP) is 3.27. The molecule has 0 saturated carbocycles. The fourth-order valence-corrected chi connectivity index (χ4v) is 2.31. The van der Waals surface area contributed by atoms with Gasteiger partial charge in [0.05, 0.1) is 0 Å². The lowest BCUT2D eigenvalue weighted by atomic mass is 9.92. The molecule has 0 aliphatic carbocycles. The molecule has 0 aliphatic heterocycles. The molecule has 0 saturated heterocycles. The van der Waals surface area contributed by atoms with Gasteiger partial charge in [-0.3, -0.25) is 9.59 Å². The summed E-state index contributed by atoms with van der Waals surface area (Å²) in [5.74, 6) is -0.0313. The van der Waals surface area contributed by atoms with Crippen LogP contribution in [0.2, 0.25) is 0 Å². The van der Waals surface area contributed by atoms with Crippen LogP contribution in [-0.4, -0.2) is 11.9 Å². The zero-order chi connectivity index (χ0) is 17.0. The van der Waals surface area contributed by atoms with Crippen LogP contribution in [0.15, 0.2) is 42.5 Å². The van der Waals surface area contributed by atoms with E-state index >= 15 is 0 Å². The van der Waals surface area contributed by atoms with E-state index < -0.39 is 11.9 Å². The topological polar surface area (TPSA) is 78.6 Å².